The van der Waals surface area contributed by atoms with Gasteiger partial charge in [-0.05, 0) is 35.3 Å². The molecule has 0 radical (unpaired) electrons. The molecule has 0 aliphatic rings. The van der Waals surface area contributed by atoms with E-state index in [0.29, 0.717) is 24.4 Å². The number of aliphatic hydroxyl groups is 3. The Morgan fingerprint density at radius 2 is 1.80 bits per heavy atom. The second-order valence-electron chi connectivity index (χ2n) is 6.37. The molecule has 0 amide bonds. The first-order chi connectivity index (χ1) is 12.0. The first-order valence-electron chi connectivity index (χ1n) is 8.55. The Bertz CT molecular complexity index is 709. The standard InChI is InChI=1S/C21H26O4/c1-15(2)17(13-20(24)16-7-4-3-5-8-16)9-6-10-19(23)21-12-11-18(14-22)25-21/h3-8,11-12,15,19-20,22-24H,10,13-14H2,1-2H3/t9?,19-,20-/m1/s1. The van der Waals surface area contributed by atoms with E-state index in [1.807, 2.05) is 30.3 Å². The van der Waals surface area contributed by atoms with Gasteiger partial charge in [0.05, 0.1) is 6.10 Å². The maximum atomic E-state index is 10.4. The summed E-state index contributed by atoms with van der Waals surface area (Å²) in [6.45, 7) is 3.94. The highest BCUT2D eigenvalue weighted by Crippen LogP contribution is 2.25. The molecule has 0 saturated carbocycles. The third-order valence-electron chi connectivity index (χ3n) is 4.09. The van der Waals surface area contributed by atoms with E-state index in [1.165, 1.54) is 0 Å². The lowest BCUT2D eigenvalue weighted by Gasteiger charge is -2.15. The summed E-state index contributed by atoms with van der Waals surface area (Å²) >= 11 is 0. The summed E-state index contributed by atoms with van der Waals surface area (Å²) in [5.74, 6) is 1.11. The first-order valence-corrected chi connectivity index (χ1v) is 8.55. The summed E-state index contributed by atoms with van der Waals surface area (Å²) in [4.78, 5) is 0. The quantitative estimate of drug-likeness (QED) is 0.633. The molecule has 4 nitrogen and oxygen atoms in total. The van der Waals surface area contributed by atoms with Gasteiger partial charge in [-0.2, -0.15) is 0 Å². The van der Waals surface area contributed by atoms with Crippen molar-refractivity contribution in [1.29, 1.82) is 0 Å². The van der Waals surface area contributed by atoms with Crippen LogP contribution in [0.2, 0.25) is 0 Å². The molecule has 0 spiro atoms. The van der Waals surface area contributed by atoms with Crippen molar-refractivity contribution in [2.24, 2.45) is 5.92 Å². The Balaban J connectivity index is 2.04. The summed E-state index contributed by atoms with van der Waals surface area (Å²) in [6.07, 6.45) is 1.29. The van der Waals surface area contributed by atoms with Crippen LogP contribution < -0.4 is 0 Å². The Hall–Kier alpha value is -2.10. The molecule has 1 heterocycles. The Morgan fingerprint density at radius 1 is 1.08 bits per heavy atom. The van der Waals surface area contributed by atoms with Gasteiger partial charge in [-0.1, -0.05) is 44.2 Å². The van der Waals surface area contributed by atoms with Crippen molar-refractivity contribution in [3.05, 3.63) is 76.9 Å². The highest BCUT2D eigenvalue weighted by Gasteiger charge is 2.13. The van der Waals surface area contributed by atoms with E-state index in [2.05, 4.69) is 19.6 Å². The normalized spacial score (nSPS) is 13.4. The van der Waals surface area contributed by atoms with Gasteiger partial charge in [-0.3, -0.25) is 0 Å². The molecule has 4 heteroatoms. The smallest absolute Gasteiger partial charge is 0.133 e. The summed E-state index contributed by atoms with van der Waals surface area (Å²) < 4.78 is 5.33. The molecule has 2 atom stereocenters. The van der Waals surface area contributed by atoms with Gasteiger partial charge in [0, 0.05) is 12.8 Å². The lowest BCUT2D eigenvalue weighted by atomic mass is 9.94. The summed E-state index contributed by atoms with van der Waals surface area (Å²) in [5.41, 5.74) is 5.10. The largest absolute Gasteiger partial charge is 0.461 e. The predicted octanol–water partition coefficient (Wildman–Crippen LogP) is 4.06. The second-order valence-corrected chi connectivity index (χ2v) is 6.37. The van der Waals surface area contributed by atoms with Gasteiger partial charge >= 0.3 is 0 Å². The lowest BCUT2D eigenvalue weighted by molar-refractivity contribution is 0.145. The third-order valence-corrected chi connectivity index (χ3v) is 4.09. The molecular formula is C21H26O4. The van der Waals surface area contributed by atoms with Gasteiger partial charge in [0.2, 0.25) is 0 Å². The molecule has 0 aliphatic carbocycles. The molecule has 0 saturated heterocycles. The number of benzene rings is 1. The minimum Gasteiger partial charge on any atom is -0.461 e. The van der Waals surface area contributed by atoms with E-state index in [4.69, 9.17) is 9.52 Å². The van der Waals surface area contributed by atoms with Crippen LogP contribution in [0, 0.1) is 5.92 Å². The van der Waals surface area contributed by atoms with Crippen LogP contribution in [0.5, 0.6) is 0 Å². The SMILES string of the molecule is CC(C)C(=C=CC[C@@H](O)c1ccc(CO)o1)C[C@@H](O)c1ccccc1. The van der Waals surface area contributed by atoms with Crippen molar-refractivity contribution in [1.82, 2.24) is 0 Å². The van der Waals surface area contributed by atoms with Gasteiger partial charge in [0.15, 0.2) is 0 Å². The zero-order chi connectivity index (χ0) is 18.2. The minimum absolute atomic E-state index is 0.183. The Morgan fingerprint density at radius 3 is 2.40 bits per heavy atom. The molecule has 2 aromatic rings. The van der Waals surface area contributed by atoms with E-state index in [0.717, 1.165) is 11.1 Å². The minimum atomic E-state index is -0.778. The van der Waals surface area contributed by atoms with E-state index in [9.17, 15) is 10.2 Å². The summed E-state index contributed by atoms with van der Waals surface area (Å²) in [7, 11) is 0. The highest BCUT2D eigenvalue weighted by molar-refractivity contribution is 5.20. The van der Waals surface area contributed by atoms with Gasteiger partial charge in [-0.25, -0.2) is 0 Å². The van der Waals surface area contributed by atoms with Gasteiger partial charge in [-0.15, -0.1) is 5.73 Å². The predicted molar refractivity (Wildman–Crippen MR) is 96.7 cm³/mol. The molecule has 2 rings (SSSR count). The van der Waals surface area contributed by atoms with E-state index in [-0.39, 0.29) is 12.5 Å². The van der Waals surface area contributed by atoms with Crippen LogP contribution >= 0.6 is 0 Å². The Labute approximate surface area is 148 Å². The maximum Gasteiger partial charge on any atom is 0.133 e. The van der Waals surface area contributed by atoms with Gasteiger partial charge < -0.3 is 19.7 Å². The molecular weight excluding hydrogens is 316 g/mol. The fourth-order valence-corrected chi connectivity index (χ4v) is 2.54. The van der Waals surface area contributed by atoms with Crippen molar-refractivity contribution in [2.45, 2.75) is 45.5 Å². The van der Waals surface area contributed by atoms with Crippen LogP contribution in [0.4, 0.5) is 0 Å². The summed E-state index contributed by atoms with van der Waals surface area (Å²) in [5, 5.41) is 29.5. The van der Waals surface area contributed by atoms with Crippen molar-refractivity contribution in [3.63, 3.8) is 0 Å². The number of hydrogen-bond acceptors (Lipinski definition) is 4. The molecule has 3 N–H and O–H groups in total. The molecule has 1 aromatic heterocycles. The number of hydrogen-bond donors (Lipinski definition) is 3. The average molecular weight is 342 g/mol. The fraction of sp³-hybridized carbons (Fsp3) is 0.381. The van der Waals surface area contributed by atoms with Gasteiger partial charge in [0.25, 0.3) is 0 Å². The molecule has 0 fully saturated rings. The molecule has 25 heavy (non-hydrogen) atoms. The number of aliphatic hydroxyl groups excluding tert-OH is 3. The average Bonchev–Trinajstić information content (AvgIpc) is 3.10. The van der Waals surface area contributed by atoms with Crippen LogP contribution in [0.1, 0.15) is 56.0 Å². The number of rotatable bonds is 8. The summed E-state index contributed by atoms with van der Waals surface area (Å²) in [6, 6.07) is 12.9. The van der Waals surface area contributed by atoms with Crippen molar-refractivity contribution < 1.29 is 19.7 Å². The van der Waals surface area contributed by atoms with Crippen LogP contribution in [0.15, 0.2) is 64.3 Å². The van der Waals surface area contributed by atoms with Crippen molar-refractivity contribution in [2.75, 3.05) is 0 Å². The van der Waals surface area contributed by atoms with Crippen molar-refractivity contribution in [3.8, 4) is 0 Å². The van der Waals surface area contributed by atoms with Gasteiger partial charge in [0.1, 0.15) is 24.2 Å². The highest BCUT2D eigenvalue weighted by atomic mass is 16.4. The van der Waals surface area contributed by atoms with E-state index >= 15 is 0 Å². The fourth-order valence-electron chi connectivity index (χ4n) is 2.54. The zero-order valence-corrected chi connectivity index (χ0v) is 14.7. The van der Waals surface area contributed by atoms with E-state index < -0.39 is 12.2 Å². The third kappa shape index (κ3) is 5.73. The zero-order valence-electron chi connectivity index (χ0n) is 14.7. The van der Waals surface area contributed by atoms with Crippen LogP contribution in [0.3, 0.4) is 0 Å². The maximum absolute atomic E-state index is 10.4. The van der Waals surface area contributed by atoms with E-state index in [1.54, 1.807) is 18.2 Å². The topological polar surface area (TPSA) is 73.8 Å². The second kappa shape index (κ2) is 9.40. The molecule has 0 unspecified atom stereocenters. The number of furan rings is 1. The molecule has 134 valence electrons. The van der Waals surface area contributed by atoms with Crippen LogP contribution in [-0.2, 0) is 6.61 Å². The molecule has 0 bridgehead atoms. The monoisotopic (exact) mass is 342 g/mol. The lowest BCUT2D eigenvalue weighted by Crippen LogP contribution is -2.03. The van der Waals surface area contributed by atoms with Crippen LogP contribution in [0.25, 0.3) is 0 Å². The molecule has 0 aliphatic heterocycles. The molecule has 1 aromatic carbocycles. The Kier molecular flexibility index (Phi) is 7.23. The van der Waals surface area contributed by atoms with Crippen molar-refractivity contribution >= 4 is 0 Å². The first kappa shape index (κ1) is 19.2. The van der Waals surface area contributed by atoms with Crippen LogP contribution in [-0.4, -0.2) is 15.3 Å².